The maximum atomic E-state index is 13.0. The van der Waals surface area contributed by atoms with Gasteiger partial charge in [0.25, 0.3) is 0 Å². The molecule has 2 aromatic carbocycles. The van der Waals surface area contributed by atoms with Crippen LogP contribution in [0.4, 0.5) is 15.8 Å². The Labute approximate surface area is 166 Å². The summed E-state index contributed by atoms with van der Waals surface area (Å²) in [6.45, 7) is 4.40. The summed E-state index contributed by atoms with van der Waals surface area (Å²) in [5, 5.41) is 2.92. The number of hydrogen-bond acceptors (Lipinski definition) is 3. The Morgan fingerprint density at radius 3 is 2.21 bits per heavy atom. The molecule has 0 bridgehead atoms. The third-order valence-electron chi connectivity index (χ3n) is 5.95. The molecule has 2 fully saturated rings. The van der Waals surface area contributed by atoms with Crippen molar-refractivity contribution in [3.05, 3.63) is 59.9 Å². The molecule has 5 heteroatoms. The highest BCUT2D eigenvalue weighted by molar-refractivity contribution is 5.92. The Kier molecular flexibility index (Phi) is 5.91. The van der Waals surface area contributed by atoms with Gasteiger partial charge in [0.1, 0.15) is 5.82 Å². The highest BCUT2D eigenvalue weighted by Gasteiger charge is 2.26. The van der Waals surface area contributed by atoms with Crippen molar-refractivity contribution < 1.29 is 9.18 Å². The van der Waals surface area contributed by atoms with Crippen molar-refractivity contribution >= 4 is 17.3 Å². The number of hydrogen-bond donors (Lipinski definition) is 1. The number of halogens is 1. The van der Waals surface area contributed by atoms with Crippen LogP contribution < -0.4 is 10.2 Å². The summed E-state index contributed by atoms with van der Waals surface area (Å²) in [4.78, 5) is 17.3. The first kappa shape index (κ1) is 18.9. The topological polar surface area (TPSA) is 35.6 Å². The second-order valence-corrected chi connectivity index (χ2v) is 7.86. The van der Waals surface area contributed by atoms with Gasteiger partial charge in [0.2, 0.25) is 5.91 Å². The summed E-state index contributed by atoms with van der Waals surface area (Å²) in [5.74, 6) is -0.381. The zero-order chi connectivity index (χ0) is 19.3. The molecular weight excluding hydrogens is 353 g/mol. The van der Waals surface area contributed by atoms with Crippen molar-refractivity contribution in [2.45, 2.75) is 38.1 Å². The van der Waals surface area contributed by atoms with Gasteiger partial charge in [-0.05, 0) is 54.8 Å². The fraction of sp³-hybridized carbons (Fsp3) is 0.435. The quantitative estimate of drug-likeness (QED) is 0.848. The summed E-state index contributed by atoms with van der Waals surface area (Å²) in [7, 11) is 0. The molecule has 0 unspecified atom stereocenters. The Hall–Kier alpha value is -2.40. The first-order valence-electron chi connectivity index (χ1n) is 10.3. The van der Waals surface area contributed by atoms with Crippen LogP contribution in [0.15, 0.2) is 48.5 Å². The van der Waals surface area contributed by atoms with Gasteiger partial charge in [0.15, 0.2) is 0 Å². The molecule has 2 aliphatic rings. The van der Waals surface area contributed by atoms with E-state index in [0.29, 0.717) is 0 Å². The van der Waals surface area contributed by atoms with Crippen molar-refractivity contribution in [2.24, 2.45) is 0 Å². The molecule has 1 saturated carbocycles. The monoisotopic (exact) mass is 381 g/mol. The van der Waals surface area contributed by atoms with Crippen LogP contribution in [0.1, 0.15) is 31.2 Å². The number of nitrogens with one attached hydrogen (secondary N) is 1. The molecule has 1 saturated heterocycles. The van der Waals surface area contributed by atoms with Gasteiger partial charge < -0.3 is 10.2 Å². The number of amides is 1. The van der Waals surface area contributed by atoms with Gasteiger partial charge in [-0.15, -0.1) is 0 Å². The van der Waals surface area contributed by atoms with E-state index in [4.69, 9.17) is 0 Å². The standard InChI is InChI=1S/C23H28FN3O/c24-19-7-5-18(6-8-19)17-23(28)25-20-9-11-22(12-10-20)27-15-13-26(14-16-27)21-3-1-2-4-21/h5-12,21H,1-4,13-17H2,(H,25,28). The molecule has 0 spiro atoms. The minimum Gasteiger partial charge on any atom is -0.369 e. The Bertz CT molecular complexity index is 776. The molecule has 1 amide bonds. The first-order valence-corrected chi connectivity index (χ1v) is 10.3. The van der Waals surface area contributed by atoms with Gasteiger partial charge in [-0.3, -0.25) is 9.69 Å². The largest absolute Gasteiger partial charge is 0.369 e. The summed E-state index contributed by atoms with van der Waals surface area (Å²) < 4.78 is 13.0. The van der Waals surface area contributed by atoms with E-state index in [-0.39, 0.29) is 18.1 Å². The maximum absolute atomic E-state index is 13.0. The number of carbonyl (C=O) groups excluding carboxylic acids is 1. The van der Waals surface area contributed by atoms with E-state index < -0.39 is 0 Å². The van der Waals surface area contributed by atoms with Crippen LogP contribution >= 0.6 is 0 Å². The summed E-state index contributed by atoms with van der Waals surface area (Å²) in [5.41, 5.74) is 2.80. The number of anilines is 2. The zero-order valence-electron chi connectivity index (χ0n) is 16.2. The Balaban J connectivity index is 1.28. The minimum absolute atomic E-state index is 0.0930. The predicted molar refractivity (Wildman–Crippen MR) is 111 cm³/mol. The van der Waals surface area contributed by atoms with Gasteiger partial charge in [-0.2, -0.15) is 0 Å². The van der Waals surface area contributed by atoms with E-state index in [9.17, 15) is 9.18 Å². The lowest BCUT2D eigenvalue weighted by Crippen LogP contribution is -2.49. The zero-order valence-corrected chi connectivity index (χ0v) is 16.2. The lowest BCUT2D eigenvalue weighted by Gasteiger charge is -2.39. The fourth-order valence-electron chi connectivity index (χ4n) is 4.36. The van der Waals surface area contributed by atoms with Crippen LogP contribution in [-0.4, -0.2) is 43.0 Å². The SMILES string of the molecule is O=C(Cc1ccc(F)cc1)Nc1ccc(N2CCN(C3CCCC3)CC2)cc1. The van der Waals surface area contributed by atoms with Crippen molar-refractivity contribution in [3.8, 4) is 0 Å². The van der Waals surface area contributed by atoms with Gasteiger partial charge in [-0.1, -0.05) is 25.0 Å². The summed E-state index contributed by atoms with van der Waals surface area (Å²) in [6, 6.07) is 14.9. The highest BCUT2D eigenvalue weighted by atomic mass is 19.1. The third-order valence-corrected chi connectivity index (χ3v) is 5.95. The van der Waals surface area contributed by atoms with Crippen LogP contribution in [-0.2, 0) is 11.2 Å². The molecule has 4 nitrogen and oxygen atoms in total. The van der Waals surface area contributed by atoms with Crippen LogP contribution in [0.3, 0.4) is 0 Å². The lowest BCUT2D eigenvalue weighted by molar-refractivity contribution is -0.115. The molecule has 0 radical (unpaired) electrons. The van der Waals surface area contributed by atoms with Gasteiger partial charge in [0, 0.05) is 43.6 Å². The minimum atomic E-state index is -0.288. The van der Waals surface area contributed by atoms with E-state index in [2.05, 4.69) is 27.2 Å². The molecule has 0 atom stereocenters. The third kappa shape index (κ3) is 4.71. The van der Waals surface area contributed by atoms with Crippen LogP contribution in [0.2, 0.25) is 0 Å². The summed E-state index contributed by atoms with van der Waals surface area (Å²) >= 11 is 0. The lowest BCUT2D eigenvalue weighted by atomic mass is 10.1. The molecule has 1 N–H and O–H groups in total. The maximum Gasteiger partial charge on any atom is 0.228 e. The Morgan fingerprint density at radius 1 is 0.929 bits per heavy atom. The summed E-state index contributed by atoms with van der Waals surface area (Å²) in [6.07, 6.45) is 5.75. The van der Waals surface area contributed by atoms with Crippen molar-refractivity contribution in [2.75, 3.05) is 36.4 Å². The normalized spacial score (nSPS) is 18.4. The fourth-order valence-corrected chi connectivity index (χ4v) is 4.36. The predicted octanol–water partition coefficient (Wildman–Crippen LogP) is 4.07. The van der Waals surface area contributed by atoms with E-state index in [1.165, 1.54) is 43.5 Å². The molecule has 148 valence electrons. The smallest absolute Gasteiger partial charge is 0.228 e. The van der Waals surface area contributed by atoms with Crippen molar-refractivity contribution in [3.63, 3.8) is 0 Å². The van der Waals surface area contributed by atoms with E-state index in [1.54, 1.807) is 12.1 Å². The molecule has 0 aromatic heterocycles. The van der Waals surface area contributed by atoms with Gasteiger partial charge in [0.05, 0.1) is 6.42 Å². The molecule has 1 aliphatic carbocycles. The van der Waals surface area contributed by atoms with Crippen LogP contribution in [0.5, 0.6) is 0 Å². The van der Waals surface area contributed by atoms with E-state index in [0.717, 1.165) is 43.5 Å². The number of rotatable bonds is 5. The number of piperazine rings is 1. The van der Waals surface area contributed by atoms with Gasteiger partial charge in [-0.25, -0.2) is 4.39 Å². The highest BCUT2D eigenvalue weighted by Crippen LogP contribution is 2.26. The molecule has 4 rings (SSSR count). The first-order chi connectivity index (χ1) is 13.7. The average Bonchev–Trinajstić information content (AvgIpc) is 3.25. The Morgan fingerprint density at radius 2 is 1.57 bits per heavy atom. The molecule has 1 aliphatic heterocycles. The van der Waals surface area contributed by atoms with Crippen LogP contribution in [0, 0.1) is 5.82 Å². The average molecular weight is 381 g/mol. The van der Waals surface area contributed by atoms with E-state index >= 15 is 0 Å². The second-order valence-electron chi connectivity index (χ2n) is 7.86. The van der Waals surface area contributed by atoms with E-state index in [1.807, 2.05) is 12.1 Å². The number of nitrogens with zero attached hydrogens (tertiary/aromatic N) is 2. The second kappa shape index (κ2) is 8.74. The molecule has 28 heavy (non-hydrogen) atoms. The van der Waals surface area contributed by atoms with Gasteiger partial charge >= 0.3 is 0 Å². The number of benzene rings is 2. The molecule has 2 aromatic rings. The molecule has 1 heterocycles. The molecular formula is C23H28FN3O. The van der Waals surface area contributed by atoms with Crippen LogP contribution in [0.25, 0.3) is 0 Å². The van der Waals surface area contributed by atoms with Crippen molar-refractivity contribution in [1.82, 2.24) is 4.90 Å². The van der Waals surface area contributed by atoms with Crippen molar-refractivity contribution in [1.29, 1.82) is 0 Å². The number of carbonyl (C=O) groups is 1.